The van der Waals surface area contributed by atoms with Crippen LogP contribution < -0.4 is 15.2 Å². The van der Waals surface area contributed by atoms with Crippen LogP contribution >= 0.6 is 0 Å². The zero-order valence-electron chi connectivity index (χ0n) is 24.2. The highest BCUT2D eigenvalue weighted by atomic mass is 16.7. The van der Waals surface area contributed by atoms with Crippen molar-refractivity contribution in [3.05, 3.63) is 23.8 Å². The number of ether oxygens (including phenoxy) is 6. The Morgan fingerprint density at radius 2 is 1.36 bits per heavy atom. The lowest BCUT2D eigenvalue weighted by molar-refractivity contribution is -0.166. The average molecular weight is 554 g/mol. The van der Waals surface area contributed by atoms with Crippen LogP contribution in [0.2, 0.25) is 0 Å². The molecule has 11 nitrogen and oxygen atoms in total. The molecule has 0 saturated carbocycles. The van der Waals surface area contributed by atoms with Crippen molar-refractivity contribution < 1.29 is 47.6 Å². The second-order valence-electron chi connectivity index (χ2n) is 10.8. The summed E-state index contributed by atoms with van der Waals surface area (Å²) in [6, 6.07) is 3.29. The maximum absolute atomic E-state index is 12.5. The van der Waals surface area contributed by atoms with E-state index in [1.165, 1.54) is 12.1 Å². The fourth-order valence-electron chi connectivity index (χ4n) is 2.72. The predicted octanol–water partition coefficient (Wildman–Crippen LogP) is 4.81. The number of hydrogen-bond donors (Lipinski definition) is 1. The first-order valence-electron chi connectivity index (χ1n) is 13.1. The van der Waals surface area contributed by atoms with Crippen LogP contribution in [0.15, 0.2) is 18.2 Å². The quantitative estimate of drug-likeness (QED) is 0.192. The molecule has 0 bridgehead atoms. The topological polar surface area (TPSA) is 150 Å². The Morgan fingerprint density at radius 1 is 0.821 bits per heavy atom. The number of benzene rings is 1. The third kappa shape index (κ3) is 12.8. The normalized spacial score (nSPS) is 12.9. The van der Waals surface area contributed by atoms with E-state index in [1.807, 2.05) is 34.6 Å². The van der Waals surface area contributed by atoms with Gasteiger partial charge >= 0.3 is 24.2 Å². The number of esters is 2. The van der Waals surface area contributed by atoms with Gasteiger partial charge in [-0.2, -0.15) is 0 Å². The van der Waals surface area contributed by atoms with Crippen molar-refractivity contribution in [1.82, 2.24) is 0 Å². The largest absolute Gasteiger partial charge is 0.513 e. The highest BCUT2D eigenvalue weighted by molar-refractivity contribution is 5.77. The zero-order valence-corrected chi connectivity index (χ0v) is 24.2. The van der Waals surface area contributed by atoms with Crippen LogP contribution in [-0.2, 0) is 35.0 Å². The molecular weight excluding hydrogens is 510 g/mol. The second kappa shape index (κ2) is 15.9. The molecule has 0 aliphatic heterocycles. The van der Waals surface area contributed by atoms with E-state index in [1.54, 1.807) is 26.8 Å². The first-order valence-corrected chi connectivity index (χ1v) is 13.1. The van der Waals surface area contributed by atoms with Gasteiger partial charge in [-0.25, -0.2) is 9.59 Å². The number of nitrogens with two attached hydrogens (primary N) is 1. The van der Waals surface area contributed by atoms with Gasteiger partial charge in [-0.15, -0.1) is 0 Å². The lowest BCUT2D eigenvalue weighted by Gasteiger charge is -2.23. The molecule has 11 heteroatoms. The van der Waals surface area contributed by atoms with Gasteiger partial charge in [0, 0.05) is 0 Å². The molecule has 2 N–H and O–H groups in total. The van der Waals surface area contributed by atoms with Crippen LogP contribution in [-0.4, -0.2) is 56.2 Å². The molecule has 0 amide bonds. The van der Waals surface area contributed by atoms with Gasteiger partial charge in [-0.1, -0.05) is 40.7 Å². The lowest BCUT2D eigenvalue weighted by atomic mass is 9.91. The second-order valence-corrected chi connectivity index (χ2v) is 10.8. The molecule has 0 fully saturated rings. The van der Waals surface area contributed by atoms with E-state index in [-0.39, 0.29) is 55.5 Å². The fraction of sp³-hybridized carbons (Fsp3) is 0.643. The third-order valence-corrected chi connectivity index (χ3v) is 5.43. The molecule has 220 valence electrons. The van der Waals surface area contributed by atoms with Gasteiger partial charge in [0.05, 0.1) is 18.6 Å². The monoisotopic (exact) mass is 553 g/mol. The van der Waals surface area contributed by atoms with Gasteiger partial charge in [0.1, 0.15) is 18.8 Å². The highest BCUT2D eigenvalue weighted by Crippen LogP contribution is 2.30. The molecule has 0 saturated heterocycles. The van der Waals surface area contributed by atoms with Gasteiger partial charge < -0.3 is 34.2 Å². The molecular formula is C28H43NO10. The minimum atomic E-state index is -1.07. The van der Waals surface area contributed by atoms with Gasteiger partial charge in [-0.3, -0.25) is 9.59 Å². The summed E-state index contributed by atoms with van der Waals surface area (Å²) < 4.78 is 31.1. The summed E-state index contributed by atoms with van der Waals surface area (Å²) in [5.41, 5.74) is 5.88. The lowest BCUT2D eigenvalue weighted by Crippen LogP contribution is -2.37. The molecule has 0 radical (unpaired) electrons. The van der Waals surface area contributed by atoms with E-state index in [0.717, 1.165) is 0 Å². The summed E-state index contributed by atoms with van der Waals surface area (Å²) in [5.74, 6) is -1.09. The summed E-state index contributed by atoms with van der Waals surface area (Å²) in [4.78, 5) is 48.9. The first-order chi connectivity index (χ1) is 18.1. The number of carbonyl (C=O) groups is 4. The van der Waals surface area contributed by atoms with Crippen molar-refractivity contribution in [3.8, 4) is 11.5 Å². The van der Waals surface area contributed by atoms with Crippen molar-refractivity contribution in [1.29, 1.82) is 0 Å². The van der Waals surface area contributed by atoms with Crippen LogP contribution in [0.5, 0.6) is 11.5 Å². The maximum atomic E-state index is 12.5. The average Bonchev–Trinajstić information content (AvgIpc) is 2.86. The Hall–Kier alpha value is -3.34. The fourth-order valence-corrected chi connectivity index (χ4v) is 2.72. The molecule has 0 aromatic heterocycles. The van der Waals surface area contributed by atoms with Gasteiger partial charge in [0.15, 0.2) is 11.5 Å². The van der Waals surface area contributed by atoms with Crippen molar-refractivity contribution >= 4 is 24.2 Å². The minimum Gasteiger partial charge on any atom is -0.461 e. The molecule has 0 aliphatic carbocycles. The minimum absolute atomic E-state index is 0.0192. The standard InChI is InChI=1S/C28H43NO10/c1-9-28(7,8)25(31)37-19(6)16-34-24(30)21(29)12-20-10-11-22(38-26(32)35-14-17(2)3)23(13-20)39-27(33)36-15-18(4)5/h10-11,13,17-19,21H,9,12,14-16,29H2,1-8H3/t19-,21-/m0/s1. The summed E-state index contributed by atoms with van der Waals surface area (Å²) in [6.07, 6.45) is -1.98. The van der Waals surface area contributed by atoms with Crippen LogP contribution in [0.3, 0.4) is 0 Å². The smallest absolute Gasteiger partial charge is 0.461 e. The third-order valence-electron chi connectivity index (χ3n) is 5.43. The van der Waals surface area contributed by atoms with Crippen molar-refractivity contribution in [2.24, 2.45) is 23.0 Å². The van der Waals surface area contributed by atoms with E-state index < -0.39 is 35.8 Å². The van der Waals surface area contributed by atoms with Gasteiger partial charge in [0.2, 0.25) is 0 Å². The van der Waals surface area contributed by atoms with E-state index in [2.05, 4.69) is 0 Å². The molecule has 39 heavy (non-hydrogen) atoms. The van der Waals surface area contributed by atoms with Gasteiger partial charge in [-0.05, 0) is 63.1 Å². The van der Waals surface area contributed by atoms with Crippen molar-refractivity contribution in [2.45, 2.75) is 80.4 Å². The Kier molecular flexibility index (Phi) is 13.8. The first kappa shape index (κ1) is 33.7. The summed E-state index contributed by atoms with van der Waals surface area (Å²) >= 11 is 0. The molecule has 0 unspecified atom stereocenters. The molecule has 0 spiro atoms. The number of hydrogen-bond acceptors (Lipinski definition) is 11. The molecule has 2 atom stereocenters. The van der Waals surface area contributed by atoms with Crippen LogP contribution in [0, 0.1) is 17.3 Å². The van der Waals surface area contributed by atoms with Gasteiger partial charge in [0.25, 0.3) is 0 Å². The Labute approximate surface area is 230 Å². The SMILES string of the molecule is CCC(C)(C)C(=O)O[C@@H](C)COC(=O)[C@@H](N)Cc1ccc(OC(=O)OCC(C)C)c(OC(=O)OCC(C)C)c1. The maximum Gasteiger partial charge on any atom is 0.513 e. The summed E-state index contributed by atoms with van der Waals surface area (Å²) in [5, 5.41) is 0. The van der Waals surface area contributed by atoms with Crippen LogP contribution in [0.25, 0.3) is 0 Å². The summed E-state index contributed by atoms with van der Waals surface area (Å²) in [7, 11) is 0. The van der Waals surface area contributed by atoms with E-state index in [0.29, 0.717) is 12.0 Å². The Morgan fingerprint density at radius 3 is 1.87 bits per heavy atom. The van der Waals surface area contributed by atoms with Crippen LogP contribution in [0.4, 0.5) is 9.59 Å². The molecule has 1 aromatic carbocycles. The number of carbonyl (C=O) groups excluding carboxylic acids is 4. The molecule has 0 heterocycles. The molecule has 1 rings (SSSR count). The summed E-state index contributed by atoms with van der Waals surface area (Å²) in [6.45, 7) is 14.6. The Balaban J connectivity index is 2.87. The molecule has 0 aliphatic rings. The Bertz CT molecular complexity index is 973. The van der Waals surface area contributed by atoms with Crippen molar-refractivity contribution in [2.75, 3.05) is 19.8 Å². The van der Waals surface area contributed by atoms with E-state index in [4.69, 9.17) is 34.2 Å². The van der Waals surface area contributed by atoms with E-state index in [9.17, 15) is 19.2 Å². The number of rotatable bonds is 14. The highest BCUT2D eigenvalue weighted by Gasteiger charge is 2.29. The molecule has 1 aromatic rings. The van der Waals surface area contributed by atoms with Crippen molar-refractivity contribution in [3.63, 3.8) is 0 Å². The zero-order chi connectivity index (χ0) is 29.8. The van der Waals surface area contributed by atoms with E-state index >= 15 is 0 Å². The predicted molar refractivity (Wildman–Crippen MR) is 142 cm³/mol. The van der Waals surface area contributed by atoms with Crippen LogP contribution in [0.1, 0.15) is 67.4 Å².